The normalized spacial score (nSPS) is 10.1. The summed E-state index contributed by atoms with van der Waals surface area (Å²) >= 11 is 0. The molecule has 1 aromatic heterocycles. The number of hydrogen-bond acceptors (Lipinski definition) is 4. The van der Waals surface area contributed by atoms with Crippen molar-refractivity contribution in [2.45, 2.75) is 6.54 Å². The zero-order chi connectivity index (χ0) is 13.0. The average molecular weight is 247 g/mol. The van der Waals surface area contributed by atoms with E-state index in [1.165, 1.54) is 24.5 Å². The predicted molar refractivity (Wildman–Crippen MR) is 62.7 cm³/mol. The maximum atomic E-state index is 13.0. The highest BCUT2D eigenvalue weighted by Crippen LogP contribution is 2.11. The van der Waals surface area contributed by atoms with Gasteiger partial charge in [-0.1, -0.05) is 12.1 Å². The van der Waals surface area contributed by atoms with Crippen LogP contribution in [0.25, 0.3) is 0 Å². The highest BCUT2D eigenvalue weighted by molar-refractivity contribution is 5.90. The minimum Gasteiger partial charge on any atom is -0.476 e. The summed E-state index contributed by atoms with van der Waals surface area (Å²) < 4.78 is 13.0. The maximum absolute atomic E-state index is 13.0. The summed E-state index contributed by atoms with van der Waals surface area (Å²) in [6.45, 7) is 0.275. The average Bonchev–Trinajstić information content (AvgIpc) is 2.37. The van der Waals surface area contributed by atoms with Crippen molar-refractivity contribution in [3.63, 3.8) is 0 Å². The minimum absolute atomic E-state index is 0.158. The molecule has 1 heterocycles. The summed E-state index contributed by atoms with van der Waals surface area (Å²) in [6, 6.07) is 6.02. The van der Waals surface area contributed by atoms with Crippen LogP contribution in [0.15, 0.2) is 36.7 Å². The van der Waals surface area contributed by atoms with Crippen LogP contribution in [0.1, 0.15) is 16.1 Å². The Morgan fingerprint density at radius 3 is 2.83 bits per heavy atom. The fourth-order valence-electron chi connectivity index (χ4n) is 1.46. The molecule has 0 aliphatic heterocycles. The fourth-order valence-corrected chi connectivity index (χ4v) is 1.46. The molecule has 0 spiro atoms. The number of hydrogen-bond donors (Lipinski definition) is 2. The first-order valence-corrected chi connectivity index (χ1v) is 5.19. The van der Waals surface area contributed by atoms with Gasteiger partial charge in [-0.15, -0.1) is 0 Å². The van der Waals surface area contributed by atoms with E-state index >= 15 is 0 Å². The largest absolute Gasteiger partial charge is 0.476 e. The molecule has 0 bridgehead atoms. The number of benzene rings is 1. The van der Waals surface area contributed by atoms with Crippen molar-refractivity contribution in [2.24, 2.45) is 0 Å². The van der Waals surface area contributed by atoms with Gasteiger partial charge in [-0.3, -0.25) is 0 Å². The van der Waals surface area contributed by atoms with E-state index in [4.69, 9.17) is 5.11 Å². The van der Waals surface area contributed by atoms with Crippen molar-refractivity contribution in [3.8, 4) is 0 Å². The van der Waals surface area contributed by atoms with Gasteiger partial charge in [-0.2, -0.15) is 0 Å². The van der Waals surface area contributed by atoms with Gasteiger partial charge in [0.2, 0.25) is 0 Å². The number of halogens is 1. The molecule has 92 valence electrons. The van der Waals surface area contributed by atoms with Crippen molar-refractivity contribution in [1.82, 2.24) is 9.97 Å². The Morgan fingerprint density at radius 2 is 2.11 bits per heavy atom. The summed E-state index contributed by atoms with van der Waals surface area (Å²) in [5, 5.41) is 11.7. The number of carboxylic acids is 1. The van der Waals surface area contributed by atoms with Crippen molar-refractivity contribution in [1.29, 1.82) is 0 Å². The Hall–Kier alpha value is -2.50. The van der Waals surface area contributed by atoms with Gasteiger partial charge in [0.25, 0.3) is 0 Å². The molecular weight excluding hydrogens is 237 g/mol. The number of aromatic nitrogens is 2. The number of carbonyl (C=O) groups is 1. The van der Waals surface area contributed by atoms with E-state index in [9.17, 15) is 9.18 Å². The van der Waals surface area contributed by atoms with Crippen LogP contribution in [0.2, 0.25) is 0 Å². The number of nitrogens with zero attached hydrogens (tertiary/aromatic N) is 2. The number of nitrogens with one attached hydrogen (secondary N) is 1. The van der Waals surface area contributed by atoms with Crippen LogP contribution in [-0.4, -0.2) is 21.0 Å². The highest BCUT2D eigenvalue weighted by Gasteiger charge is 2.11. The second kappa shape index (κ2) is 5.22. The number of rotatable bonds is 4. The van der Waals surface area contributed by atoms with E-state index in [1.807, 2.05) is 0 Å². The molecule has 2 N–H and O–H groups in total. The van der Waals surface area contributed by atoms with Crippen LogP contribution in [-0.2, 0) is 6.54 Å². The predicted octanol–water partition coefficient (Wildman–Crippen LogP) is 1.93. The van der Waals surface area contributed by atoms with E-state index in [0.717, 1.165) is 0 Å². The summed E-state index contributed by atoms with van der Waals surface area (Å²) in [6.07, 6.45) is 2.69. The van der Waals surface area contributed by atoms with Crippen molar-refractivity contribution in [3.05, 3.63) is 53.7 Å². The lowest BCUT2D eigenvalue weighted by Gasteiger charge is -2.07. The minimum atomic E-state index is -1.16. The van der Waals surface area contributed by atoms with Crippen LogP contribution in [0, 0.1) is 5.82 Å². The lowest BCUT2D eigenvalue weighted by Crippen LogP contribution is -2.10. The van der Waals surface area contributed by atoms with Gasteiger partial charge >= 0.3 is 5.97 Å². The van der Waals surface area contributed by atoms with Crippen LogP contribution in [0.5, 0.6) is 0 Å². The summed E-state index contributed by atoms with van der Waals surface area (Å²) in [7, 11) is 0. The third kappa shape index (κ3) is 2.79. The Bertz CT molecular complexity index is 575. The van der Waals surface area contributed by atoms with Crippen molar-refractivity contribution < 1.29 is 14.3 Å². The molecule has 0 amide bonds. The lowest BCUT2D eigenvalue weighted by molar-refractivity contribution is 0.0691. The second-order valence-electron chi connectivity index (χ2n) is 3.54. The molecule has 2 rings (SSSR count). The Kier molecular flexibility index (Phi) is 3.47. The highest BCUT2D eigenvalue weighted by atomic mass is 19.1. The van der Waals surface area contributed by atoms with Gasteiger partial charge in [0, 0.05) is 18.9 Å². The monoisotopic (exact) mass is 247 g/mol. The maximum Gasteiger partial charge on any atom is 0.358 e. The molecule has 0 radical (unpaired) electrons. The van der Waals surface area contributed by atoms with Crippen LogP contribution in [0.3, 0.4) is 0 Å². The molecule has 0 saturated heterocycles. The molecule has 1 aromatic carbocycles. The zero-order valence-corrected chi connectivity index (χ0v) is 9.30. The molecule has 0 aliphatic rings. The van der Waals surface area contributed by atoms with E-state index in [-0.39, 0.29) is 23.9 Å². The van der Waals surface area contributed by atoms with Gasteiger partial charge in [-0.05, 0) is 17.7 Å². The first kappa shape index (κ1) is 12.0. The molecule has 18 heavy (non-hydrogen) atoms. The van der Waals surface area contributed by atoms with Crippen molar-refractivity contribution in [2.75, 3.05) is 5.32 Å². The van der Waals surface area contributed by atoms with Gasteiger partial charge in [0.1, 0.15) is 5.82 Å². The topological polar surface area (TPSA) is 75.1 Å². The summed E-state index contributed by atoms with van der Waals surface area (Å²) in [5.74, 6) is -1.34. The Balaban J connectivity index is 2.13. The second-order valence-corrected chi connectivity index (χ2v) is 3.54. The third-order valence-corrected chi connectivity index (χ3v) is 2.25. The van der Waals surface area contributed by atoms with Gasteiger partial charge in [0.15, 0.2) is 11.5 Å². The first-order valence-electron chi connectivity index (χ1n) is 5.19. The Labute approximate surface area is 102 Å². The molecule has 0 aliphatic carbocycles. The van der Waals surface area contributed by atoms with E-state index in [1.54, 1.807) is 12.1 Å². The van der Waals surface area contributed by atoms with Crippen LogP contribution in [0.4, 0.5) is 10.2 Å². The van der Waals surface area contributed by atoms with E-state index in [0.29, 0.717) is 5.56 Å². The molecule has 5 nitrogen and oxygen atoms in total. The lowest BCUT2D eigenvalue weighted by atomic mass is 10.2. The zero-order valence-electron chi connectivity index (χ0n) is 9.30. The SMILES string of the molecule is O=C(O)c1nccnc1NCc1cccc(F)c1. The molecule has 0 fully saturated rings. The molecule has 0 saturated carbocycles. The van der Waals surface area contributed by atoms with Gasteiger partial charge in [-0.25, -0.2) is 19.2 Å². The molecule has 0 unspecified atom stereocenters. The number of carboxylic acid groups (broad SMARTS) is 1. The molecular formula is C12H10FN3O2. The molecule has 0 atom stereocenters. The number of anilines is 1. The summed E-state index contributed by atoms with van der Waals surface area (Å²) in [4.78, 5) is 18.5. The number of aromatic carboxylic acids is 1. The fraction of sp³-hybridized carbons (Fsp3) is 0.0833. The third-order valence-electron chi connectivity index (χ3n) is 2.25. The molecule has 2 aromatic rings. The molecule has 6 heteroatoms. The van der Waals surface area contributed by atoms with E-state index in [2.05, 4.69) is 15.3 Å². The standard InChI is InChI=1S/C12H10FN3O2/c13-9-3-1-2-8(6-9)7-16-11-10(12(17)18)14-4-5-15-11/h1-6H,7H2,(H,15,16)(H,17,18). The van der Waals surface area contributed by atoms with E-state index < -0.39 is 5.97 Å². The van der Waals surface area contributed by atoms with Crippen LogP contribution >= 0.6 is 0 Å². The Morgan fingerprint density at radius 1 is 1.33 bits per heavy atom. The summed E-state index contributed by atoms with van der Waals surface area (Å²) in [5.41, 5.74) is 0.533. The first-order chi connectivity index (χ1) is 8.66. The quantitative estimate of drug-likeness (QED) is 0.863. The van der Waals surface area contributed by atoms with Gasteiger partial charge < -0.3 is 10.4 Å². The smallest absolute Gasteiger partial charge is 0.358 e. The van der Waals surface area contributed by atoms with Crippen LogP contribution < -0.4 is 5.32 Å². The van der Waals surface area contributed by atoms with Crippen molar-refractivity contribution >= 4 is 11.8 Å². The van der Waals surface area contributed by atoms with Gasteiger partial charge in [0.05, 0.1) is 0 Å².